The molecule has 0 N–H and O–H groups in total. The number of nitrogens with zero attached hydrogens (tertiary/aromatic N) is 4. The topological polar surface area (TPSA) is 49.3 Å². The molecule has 1 aromatic heterocycles. The van der Waals surface area contributed by atoms with Gasteiger partial charge in [-0.3, -0.25) is 9.78 Å². The number of amides is 1. The first-order valence-electron chi connectivity index (χ1n) is 9.58. The van der Waals surface area contributed by atoms with Crippen molar-refractivity contribution in [1.29, 1.82) is 0 Å². The van der Waals surface area contributed by atoms with Gasteiger partial charge in [-0.05, 0) is 43.2 Å². The number of anilines is 1. The van der Waals surface area contributed by atoms with Gasteiger partial charge in [-0.25, -0.2) is 4.98 Å². The summed E-state index contributed by atoms with van der Waals surface area (Å²) in [5.41, 5.74) is 3.68. The molecule has 1 fully saturated rings. The molecule has 5 heteroatoms. The van der Waals surface area contributed by atoms with Crippen LogP contribution in [-0.4, -0.2) is 40.4 Å². The van der Waals surface area contributed by atoms with Crippen molar-refractivity contribution in [2.75, 3.05) is 24.5 Å². The monoisotopic (exact) mass is 350 g/mol. The highest BCUT2D eigenvalue weighted by atomic mass is 16.2. The van der Waals surface area contributed by atoms with Gasteiger partial charge in [-0.1, -0.05) is 24.3 Å². The predicted molar refractivity (Wildman–Crippen MR) is 102 cm³/mol. The molecule has 2 aliphatic heterocycles. The van der Waals surface area contributed by atoms with Crippen molar-refractivity contribution in [3.05, 3.63) is 53.5 Å². The van der Waals surface area contributed by atoms with Crippen LogP contribution in [0.5, 0.6) is 0 Å². The molecule has 0 atom stereocenters. The number of piperidine rings is 1. The largest absolute Gasteiger partial charge is 0.355 e. The van der Waals surface area contributed by atoms with Crippen LogP contribution in [-0.2, 0) is 17.8 Å². The molecule has 136 valence electrons. The fourth-order valence-corrected chi connectivity index (χ4v) is 4.14. The van der Waals surface area contributed by atoms with Crippen LogP contribution in [0.4, 0.5) is 5.82 Å². The number of fused-ring (bicyclic) bond motifs is 1. The van der Waals surface area contributed by atoms with Crippen LogP contribution >= 0.6 is 0 Å². The molecule has 0 radical (unpaired) electrons. The molecule has 1 saturated heterocycles. The average molecular weight is 350 g/mol. The molecule has 4 rings (SSSR count). The van der Waals surface area contributed by atoms with Crippen molar-refractivity contribution in [3.63, 3.8) is 0 Å². The zero-order chi connectivity index (χ0) is 17.9. The van der Waals surface area contributed by atoms with Crippen molar-refractivity contribution in [1.82, 2.24) is 14.9 Å². The van der Waals surface area contributed by atoms with E-state index in [9.17, 15) is 4.79 Å². The summed E-state index contributed by atoms with van der Waals surface area (Å²) in [6, 6.07) is 8.48. The highest BCUT2D eigenvalue weighted by Gasteiger charge is 2.26. The third-order valence-electron chi connectivity index (χ3n) is 5.72. The van der Waals surface area contributed by atoms with E-state index in [1.165, 1.54) is 11.1 Å². The van der Waals surface area contributed by atoms with Gasteiger partial charge >= 0.3 is 0 Å². The van der Waals surface area contributed by atoms with E-state index in [2.05, 4.69) is 39.1 Å². The molecule has 2 aliphatic rings. The lowest BCUT2D eigenvalue weighted by atomic mass is 9.92. The quantitative estimate of drug-likeness (QED) is 0.854. The normalized spacial score (nSPS) is 17.9. The minimum absolute atomic E-state index is 0.314. The minimum atomic E-state index is 0.314. The SMILES string of the molecule is Cc1nccnc1N1CCC(CC(=O)N2CCc3ccccc3C2)CC1. The van der Waals surface area contributed by atoms with Crippen molar-refractivity contribution < 1.29 is 4.79 Å². The van der Waals surface area contributed by atoms with Crippen LogP contribution in [0, 0.1) is 12.8 Å². The molecule has 0 saturated carbocycles. The summed E-state index contributed by atoms with van der Waals surface area (Å²) in [5, 5.41) is 0. The molecule has 0 bridgehead atoms. The first-order valence-corrected chi connectivity index (χ1v) is 9.58. The van der Waals surface area contributed by atoms with Gasteiger partial charge in [0.1, 0.15) is 5.82 Å². The van der Waals surface area contributed by atoms with Crippen LogP contribution in [0.3, 0.4) is 0 Å². The number of hydrogen-bond donors (Lipinski definition) is 0. The number of hydrogen-bond acceptors (Lipinski definition) is 4. The Morgan fingerprint density at radius 3 is 2.58 bits per heavy atom. The van der Waals surface area contributed by atoms with Gasteiger partial charge in [0, 0.05) is 45.0 Å². The Hall–Kier alpha value is -2.43. The Bertz CT molecular complexity index is 783. The van der Waals surface area contributed by atoms with E-state index >= 15 is 0 Å². The van der Waals surface area contributed by atoms with E-state index in [0.29, 0.717) is 18.2 Å². The van der Waals surface area contributed by atoms with Crippen LogP contribution < -0.4 is 4.90 Å². The summed E-state index contributed by atoms with van der Waals surface area (Å²) in [4.78, 5) is 25.9. The van der Waals surface area contributed by atoms with E-state index in [4.69, 9.17) is 0 Å². The molecule has 0 aliphatic carbocycles. The van der Waals surface area contributed by atoms with E-state index in [-0.39, 0.29) is 0 Å². The van der Waals surface area contributed by atoms with Crippen LogP contribution in [0.1, 0.15) is 36.1 Å². The molecule has 1 amide bonds. The Morgan fingerprint density at radius 2 is 1.81 bits per heavy atom. The maximum absolute atomic E-state index is 12.8. The van der Waals surface area contributed by atoms with Gasteiger partial charge in [0.05, 0.1) is 5.69 Å². The Morgan fingerprint density at radius 1 is 1.08 bits per heavy atom. The number of benzene rings is 1. The molecule has 26 heavy (non-hydrogen) atoms. The van der Waals surface area contributed by atoms with Crippen LogP contribution in [0.2, 0.25) is 0 Å². The maximum Gasteiger partial charge on any atom is 0.223 e. The van der Waals surface area contributed by atoms with Gasteiger partial charge in [0.15, 0.2) is 0 Å². The smallest absolute Gasteiger partial charge is 0.223 e. The standard InChI is InChI=1S/C21H26N4O/c1-16-21(23-10-9-22-16)24-11-6-17(7-12-24)14-20(26)25-13-8-18-4-2-3-5-19(18)15-25/h2-5,9-10,17H,6-8,11-15H2,1H3. The van der Waals surface area contributed by atoms with Crippen molar-refractivity contribution in [3.8, 4) is 0 Å². The molecule has 1 aromatic carbocycles. The van der Waals surface area contributed by atoms with E-state index in [1.807, 2.05) is 11.8 Å². The average Bonchev–Trinajstić information content (AvgIpc) is 2.69. The number of rotatable bonds is 3. The van der Waals surface area contributed by atoms with Gasteiger partial charge in [-0.15, -0.1) is 0 Å². The first kappa shape index (κ1) is 17.0. The van der Waals surface area contributed by atoms with E-state index < -0.39 is 0 Å². The molecule has 5 nitrogen and oxygen atoms in total. The second kappa shape index (κ2) is 7.44. The minimum Gasteiger partial charge on any atom is -0.355 e. The number of carbonyl (C=O) groups is 1. The second-order valence-corrected chi connectivity index (χ2v) is 7.43. The summed E-state index contributed by atoms with van der Waals surface area (Å²) in [7, 11) is 0. The molecular formula is C21H26N4O. The summed E-state index contributed by atoms with van der Waals surface area (Å²) in [6.07, 6.45) is 7.24. The highest BCUT2D eigenvalue weighted by Crippen LogP contribution is 2.27. The lowest BCUT2D eigenvalue weighted by molar-refractivity contribution is -0.133. The fourth-order valence-electron chi connectivity index (χ4n) is 4.14. The summed E-state index contributed by atoms with van der Waals surface area (Å²) >= 11 is 0. The molecular weight excluding hydrogens is 324 g/mol. The summed E-state index contributed by atoms with van der Waals surface area (Å²) in [5.74, 6) is 1.78. The highest BCUT2D eigenvalue weighted by molar-refractivity contribution is 5.76. The lowest BCUT2D eigenvalue weighted by Gasteiger charge is -2.35. The predicted octanol–water partition coefficient (Wildman–Crippen LogP) is 2.98. The molecule has 2 aromatic rings. The van der Waals surface area contributed by atoms with Gasteiger partial charge in [0.2, 0.25) is 5.91 Å². The van der Waals surface area contributed by atoms with Crippen molar-refractivity contribution in [2.45, 2.75) is 39.2 Å². The Balaban J connectivity index is 1.31. The van der Waals surface area contributed by atoms with Crippen LogP contribution in [0.25, 0.3) is 0 Å². The van der Waals surface area contributed by atoms with E-state index in [0.717, 1.165) is 57.0 Å². The Kier molecular flexibility index (Phi) is 4.87. The molecule has 3 heterocycles. The van der Waals surface area contributed by atoms with Gasteiger partial charge in [0.25, 0.3) is 0 Å². The van der Waals surface area contributed by atoms with Crippen LogP contribution in [0.15, 0.2) is 36.7 Å². The zero-order valence-electron chi connectivity index (χ0n) is 15.4. The number of aryl methyl sites for hydroxylation is 1. The van der Waals surface area contributed by atoms with E-state index in [1.54, 1.807) is 12.4 Å². The third kappa shape index (κ3) is 3.57. The Labute approximate surface area is 155 Å². The maximum atomic E-state index is 12.8. The van der Waals surface area contributed by atoms with Gasteiger partial charge < -0.3 is 9.80 Å². The summed E-state index contributed by atoms with van der Waals surface area (Å²) < 4.78 is 0. The van der Waals surface area contributed by atoms with Crippen molar-refractivity contribution >= 4 is 11.7 Å². The lowest BCUT2D eigenvalue weighted by Crippen LogP contribution is -2.39. The third-order valence-corrected chi connectivity index (χ3v) is 5.72. The fraction of sp³-hybridized carbons (Fsp3) is 0.476. The van der Waals surface area contributed by atoms with Crippen molar-refractivity contribution in [2.24, 2.45) is 5.92 Å². The second-order valence-electron chi connectivity index (χ2n) is 7.43. The number of aromatic nitrogens is 2. The summed E-state index contributed by atoms with van der Waals surface area (Å²) in [6.45, 7) is 5.55. The molecule has 0 unspecified atom stereocenters. The number of carbonyl (C=O) groups excluding carboxylic acids is 1. The first-order chi connectivity index (χ1) is 12.7. The molecule has 0 spiro atoms. The van der Waals surface area contributed by atoms with Gasteiger partial charge in [-0.2, -0.15) is 0 Å². The zero-order valence-corrected chi connectivity index (χ0v) is 15.4.